The Morgan fingerprint density at radius 1 is 1.00 bits per heavy atom. The highest BCUT2D eigenvalue weighted by Gasteiger charge is 2.14. The first-order chi connectivity index (χ1) is 9.49. The van der Waals surface area contributed by atoms with E-state index < -0.39 is 17.5 Å². The number of nitrogens with one attached hydrogen (secondary N) is 1. The molecule has 0 bridgehead atoms. The Hall–Kier alpha value is -1.81. The molecule has 0 atom stereocenters. The van der Waals surface area contributed by atoms with Gasteiger partial charge < -0.3 is 5.32 Å². The van der Waals surface area contributed by atoms with Crippen molar-refractivity contribution in [1.29, 1.82) is 0 Å². The molecule has 0 heterocycles. The van der Waals surface area contributed by atoms with Gasteiger partial charge in [0.15, 0.2) is 11.6 Å². The van der Waals surface area contributed by atoms with Gasteiger partial charge in [-0.05, 0) is 29.3 Å². The topological polar surface area (TPSA) is 12.0 Å². The van der Waals surface area contributed by atoms with Crippen molar-refractivity contribution in [3.8, 4) is 11.1 Å². The van der Waals surface area contributed by atoms with E-state index >= 15 is 0 Å². The molecule has 0 fully saturated rings. The highest BCUT2D eigenvalue weighted by atomic mass is 19.2. The first-order valence-electron chi connectivity index (χ1n) is 6.45. The van der Waals surface area contributed by atoms with Crippen LogP contribution in [0.4, 0.5) is 13.2 Å². The van der Waals surface area contributed by atoms with Crippen LogP contribution in [-0.4, -0.2) is 6.04 Å². The zero-order valence-electron chi connectivity index (χ0n) is 11.4. The quantitative estimate of drug-likeness (QED) is 0.881. The van der Waals surface area contributed by atoms with E-state index in [0.29, 0.717) is 12.1 Å². The van der Waals surface area contributed by atoms with E-state index in [1.165, 1.54) is 24.3 Å². The van der Waals surface area contributed by atoms with Crippen LogP contribution in [0.2, 0.25) is 0 Å². The Kier molecular flexibility index (Phi) is 4.45. The van der Waals surface area contributed by atoms with E-state index in [1.54, 1.807) is 6.07 Å². The minimum absolute atomic E-state index is 0.0741. The Labute approximate surface area is 116 Å². The lowest BCUT2D eigenvalue weighted by atomic mass is 9.98. The monoisotopic (exact) mass is 279 g/mol. The largest absolute Gasteiger partial charge is 0.310 e. The molecule has 2 aromatic rings. The van der Waals surface area contributed by atoms with Gasteiger partial charge in [0.25, 0.3) is 0 Å². The van der Waals surface area contributed by atoms with Crippen molar-refractivity contribution in [3.63, 3.8) is 0 Å². The Morgan fingerprint density at radius 3 is 2.45 bits per heavy atom. The summed E-state index contributed by atoms with van der Waals surface area (Å²) in [7, 11) is 0. The number of benzene rings is 2. The Balaban J connectivity index is 2.48. The van der Waals surface area contributed by atoms with Crippen molar-refractivity contribution in [1.82, 2.24) is 5.32 Å². The smallest absolute Gasteiger partial charge is 0.166 e. The number of hydrogen-bond acceptors (Lipinski definition) is 1. The molecular weight excluding hydrogens is 263 g/mol. The van der Waals surface area contributed by atoms with Gasteiger partial charge in [-0.1, -0.05) is 32.0 Å². The van der Waals surface area contributed by atoms with Crippen LogP contribution in [0.3, 0.4) is 0 Å². The summed E-state index contributed by atoms with van der Waals surface area (Å²) in [6.07, 6.45) is 0. The first-order valence-corrected chi connectivity index (χ1v) is 6.45. The van der Waals surface area contributed by atoms with Gasteiger partial charge in [0.1, 0.15) is 5.82 Å². The van der Waals surface area contributed by atoms with Crippen LogP contribution in [-0.2, 0) is 6.54 Å². The Morgan fingerprint density at radius 2 is 1.75 bits per heavy atom. The van der Waals surface area contributed by atoms with Gasteiger partial charge in [-0.2, -0.15) is 0 Å². The summed E-state index contributed by atoms with van der Waals surface area (Å²) >= 11 is 0. The molecular formula is C16H16F3N. The molecule has 0 saturated carbocycles. The molecule has 0 spiro atoms. The summed E-state index contributed by atoms with van der Waals surface area (Å²) in [5, 5.41) is 3.19. The van der Waals surface area contributed by atoms with Crippen LogP contribution < -0.4 is 5.32 Å². The lowest BCUT2D eigenvalue weighted by molar-refractivity contribution is 0.511. The molecule has 0 aliphatic carbocycles. The van der Waals surface area contributed by atoms with E-state index in [9.17, 15) is 13.2 Å². The van der Waals surface area contributed by atoms with Gasteiger partial charge in [-0.3, -0.25) is 0 Å². The van der Waals surface area contributed by atoms with Crippen molar-refractivity contribution in [2.75, 3.05) is 0 Å². The molecule has 0 radical (unpaired) electrons. The van der Waals surface area contributed by atoms with Crippen LogP contribution in [0.15, 0.2) is 36.4 Å². The van der Waals surface area contributed by atoms with Crippen molar-refractivity contribution < 1.29 is 13.2 Å². The van der Waals surface area contributed by atoms with Crippen molar-refractivity contribution in [3.05, 3.63) is 59.4 Å². The third-order valence-corrected chi connectivity index (χ3v) is 3.01. The lowest BCUT2D eigenvalue weighted by Crippen LogP contribution is -2.22. The molecule has 0 saturated heterocycles. The molecule has 2 aromatic carbocycles. The number of halogens is 3. The SMILES string of the molecule is CC(C)NCc1ccc(F)cc1-c1cccc(F)c1F. The van der Waals surface area contributed by atoms with Crippen LogP contribution >= 0.6 is 0 Å². The molecule has 106 valence electrons. The summed E-state index contributed by atoms with van der Waals surface area (Å²) in [5.41, 5.74) is 1.17. The molecule has 0 aliphatic rings. The molecule has 0 amide bonds. The fourth-order valence-corrected chi connectivity index (χ4v) is 1.98. The molecule has 1 N–H and O–H groups in total. The summed E-state index contributed by atoms with van der Waals surface area (Å²) < 4.78 is 40.6. The lowest BCUT2D eigenvalue weighted by Gasteiger charge is -2.14. The maximum atomic E-state index is 13.9. The molecule has 2 rings (SSSR count). The predicted molar refractivity (Wildman–Crippen MR) is 73.7 cm³/mol. The molecule has 0 aromatic heterocycles. The first kappa shape index (κ1) is 14.6. The molecule has 0 aliphatic heterocycles. The van der Waals surface area contributed by atoms with Gasteiger partial charge in [-0.15, -0.1) is 0 Å². The van der Waals surface area contributed by atoms with Gasteiger partial charge in [-0.25, -0.2) is 13.2 Å². The van der Waals surface area contributed by atoms with E-state index in [4.69, 9.17) is 0 Å². The molecule has 4 heteroatoms. The zero-order valence-corrected chi connectivity index (χ0v) is 11.4. The van der Waals surface area contributed by atoms with Crippen LogP contribution in [0.5, 0.6) is 0 Å². The summed E-state index contributed by atoms with van der Waals surface area (Å²) in [6, 6.07) is 8.29. The average Bonchev–Trinajstić information content (AvgIpc) is 2.40. The van der Waals surface area contributed by atoms with Gasteiger partial charge in [0.2, 0.25) is 0 Å². The number of hydrogen-bond donors (Lipinski definition) is 1. The third-order valence-electron chi connectivity index (χ3n) is 3.01. The minimum atomic E-state index is -0.955. The molecule has 20 heavy (non-hydrogen) atoms. The van der Waals surface area contributed by atoms with Gasteiger partial charge >= 0.3 is 0 Å². The molecule has 1 nitrogen and oxygen atoms in total. The maximum Gasteiger partial charge on any atom is 0.166 e. The highest BCUT2D eigenvalue weighted by molar-refractivity contribution is 5.68. The van der Waals surface area contributed by atoms with Crippen molar-refractivity contribution in [2.45, 2.75) is 26.4 Å². The van der Waals surface area contributed by atoms with E-state index in [-0.39, 0.29) is 11.6 Å². The van der Waals surface area contributed by atoms with Crippen LogP contribution in [0.1, 0.15) is 19.4 Å². The van der Waals surface area contributed by atoms with E-state index in [2.05, 4.69) is 5.32 Å². The highest BCUT2D eigenvalue weighted by Crippen LogP contribution is 2.28. The fraction of sp³-hybridized carbons (Fsp3) is 0.250. The second kappa shape index (κ2) is 6.09. The number of rotatable bonds is 4. The Bertz CT molecular complexity index is 609. The fourth-order valence-electron chi connectivity index (χ4n) is 1.98. The van der Waals surface area contributed by atoms with E-state index in [1.807, 2.05) is 13.8 Å². The standard InChI is InChI=1S/C16H16F3N/c1-10(2)20-9-11-6-7-12(17)8-14(11)13-4-3-5-15(18)16(13)19/h3-8,10,20H,9H2,1-2H3. The normalized spacial score (nSPS) is 11.1. The summed E-state index contributed by atoms with van der Waals surface area (Å²) in [5.74, 6) is -2.37. The predicted octanol–water partition coefficient (Wildman–Crippen LogP) is 4.27. The summed E-state index contributed by atoms with van der Waals surface area (Å²) in [6.45, 7) is 4.42. The van der Waals surface area contributed by atoms with Crippen molar-refractivity contribution in [2.24, 2.45) is 0 Å². The van der Waals surface area contributed by atoms with Crippen LogP contribution in [0.25, 0.3) is 11.1 Å². The molecule has 0 unspecified atom stereocenters. The van der Waals surface area contributed by atoms with Gasteiger partial charge in [0, 0.05) is 18.2 Å². The van der Waals surface area contributed by atoms with E-state index in [0.717, 1.165) is 11.6 Å². The van der Waals surface area contributed by atoms with Gasteiger partial charge in [0.05, 0.1) is 0 Å². The second-order valence-electron chi connectivity index (χ2n) is 4.94. The summed E-state index contributed by atoms with van der Waals surface area (Å²) in [4.78, 5) is 0. The second-order valence-corrected chi connectivity index (χ2v) is 4.94. The third kappa shape index (κ3) is 3.20. The maximum absolute atomic E-state index is 13.9. The minimum Gasteiger partial charge on any atom is -0.310 e. The van der Waals surface area contributed by atoms with Crippen LogP contribution in [0, 0.1) is 17.5 Å². The zero-order chi connectivity index (χ0) is 14.7. The average molecular weight is 279 g/mol. The van der Waals surface area contributed by atoms with Crippen molar-refractivity contribution >= 4 is 0 Å².